The van der Waals surface area contributed by atoms with Crippen molar-refractivity contribution in [2.24, 2.45) is 0 Å². The summed E-state index contributed by atoms with van der Waals surface area (Å²) in [6.07, 6.45) is 5.17. The molecule has 86 valence electrons. The summed E-state index contributed by atoms with van der Waals surface area (Å²) in [5.41, 5.74) is 0. The first-order valence-electron chi connectivity index (χ1n) is 6.07. The molecule has 15 heavy (non-hydrogen) atoms. The molecule has 1 amide bonds. The third-order valence-corrected chi connectivity index (χ3v) is 3.32. The molecule has 0 bridgehead atoms. The van der Waals surface area contributed by atoms with E-state index in [0.717, 1.165) is 19.6 Å². The molecule has 0 aromatic rings. The van der Waals surface area contributed by atoms with Gasteiger partial charge in [0.25, 0.3) is 0 Å². The van der Waals surface area contributed by atoms with Crippen LogP contribution in [0.4, 0.5) is 0 Å². The Morgan fingerprint density at radius 1 is 1.33 bits per heavy atom. The summed E-state index contributed by atoms with van der Waals surface area (Å²) in [4.78, 5) is 13.4. The number of carbonyl (C=O) groups is 1. The van der Waals surface area contributed by atoms with Crippen molar-refractivity contribution in [2.75, 3.05) is 32.7 Å². The molecule has 4 nitrogen and oxygen atoms in total. The first kappa shape index (κ1) is 10.9. The highest BCUT2D eigenvalue weighted by Gasteiger charge is 2.18. The monoisotopic (exact) mass is 211 g/mol. The average molecular weight is 211 g/mol. The zero-order valence-corrected chi connectivity index (χ0v) is 9.30. The molecule has 2 saturated heterocycles. The molecule has 0 radical (unpaired) electrons. The van der Waals surface area contributed by atoms with Crippen LogP contribution >= 0.6 is 0 Å². The number of hydrogen-bond acceptors (Lipinski definition) is 3. The van der Waals surface area contributed by atoms with Crippen LogP contribution in [0.2, 0.25) is 0 Å². The van der Waals surface area contributed by atoms with E-state index in [9.17, 15) is 4.79 Å². The zero-order chi connectivity index (χ0) is 10.5. The fraction of sp³-hybridized carbons (Fsp3) is 0.909. The van der Waals surface area contributed by atoms with Crippen LogP contribution in [0.5, 0.6) is 0 Å². The van der Waals surface area contributed by atoms with E-state index in [1.54, 1.807) is 0 Å². The number of piperidine rings is 1. The highest BCUT2D eigenvalue weighted by Crippen LogP contribution is 2.10. The fourth-order valence-corrected chi connectivity index (χ4v) is 2.39. The van der Waals surface area contributed by atoms with Crippen molar-refractivity contribution < 1.29 is 4.79 Å². The van der Waals surface area contributed by atoms with Gasteiger partial charge in [-0.2, -0.15) is 0 Å². The summed E-state index contributed by atoms with van der Waals surface area (Å²) in [7, 11) is 0. The van der Waals surface area contributed by atoms with E-state index in [1.807, 2.05) is 0 Å². The second-order valence-corrected chi connectivity index (χ2v) is 4.56. The lowest BCUT2D eigenvalue weighted by Gasteiger charge is -2.29. The van der Waals surface area contributed by atoms with Crippen molar-refractivity contribution in [2.45, 2.75) is 31.7 Å². The molecule has 2 N–H and O–H groups in total. The Bertz CT molecular complexity index is 214. The van der Waals surface area contributed by atoms with E-state index in [0.29, 0.717) is 12.6 Å². The van der Waals surface area contributed by atoms with E-state index in [4.69, 9.17) is 0 Å². The molecule has 4 heteroatoms. The number of rotatable bonds is 3. The van der Waals surface area contributed by atoms with Crippen molar-refractivity contribution in [3.63, 3.8) is 0 Å². The number of piperazine rings is 1. The van der Waals surface area contributed by atoms with Gasteiger partial charge < -0.3 is 10.6 Å². The molecular weight excluding hydrogens is 190 g/mol. The van der Waals surface area contributed by atoms with Gasteiger partial charge in [-0.1, -0.05) is 6.42 Å². The SMILES string of the molecule is O=C1CN(CC[C@@H]2CCCCN2)CCN1. The number of hydrogen-bond donors (Lipinski definition) is 2. The van der Waals surface area contributed by atoms with Crippen LogP contribution in [0.25, 0.3) is 0 Å². The van der Waals surface area contributed by atoms with Gasteiger partial charge >= 0.3 is 0 Å². The average Bonchev–Trinajstić information content (AvgIpc) is 2.28. The summed E-state index contributed by atoms with van der Waals surface area (Å²) in [5, 5.41) is 6.40. The maximum absolute atomic E-state index is 11.2. The van der Waals surface area contributed by atoms with Crippen molar-refractivity contribution in [1.29, 1.82) is 0 Å². The second kappa shape index (κ2) is 5.47. The molecule has 0 saturated carbocycles. The maximum atomic E-state index is 11.2. The Morgan fingerprint density at radius 3 is 3.00 bits per heavy atom. The first-order chi connectivity index (χ1) is 7.34. The van der Waals surface area contributed by atoms with Crippen LogP contribution in [-0.2, 0) is 4.79 Å². The largest absolute Gasteiger partial charge is 0.354 e. The van der Waals surface area contributed by atoms with Gasteiger partial charge in [-0.15, -0.1) is 0 Å². The van der Waals surface area contributed by atoms with Gasteiger partial charge in [0.1, 0.15) is 0 Å². The molecule has 2 rings (SSSR count). The third kappa shape index (κ3) is 3.47. The predicted molar refractivity (Wildman–Crippen MR) is 59.7 cm³/mol. The van der Waals surface area contributed by atoms with Gasteiger partial charge in [0.15, 0.2) is 0 Å². The summed E-state index contributed by atoms with van der Waals surface area (Å²) >= 11 is 0. The maximum Gasteiger partial charge on any atom is 0.234 e. The quantitative estimate of drug-likeness (QED) is 0.688. The molecule has 2 fully saturated rings. The highest BCUT2D eigenvalue weighted by atomic mass is 16.2. The van der Waals surface area contributed by atoms with Crippen LogP contribution in [0.3, 0.4) is 0 Å². The molecule has 1 atom stereocenters. The van der Waals surface area contributed by atoms with Crippen LogP contribution < -0.4 is 10.6 Å². The molecule has 2 aliphatic heterocycles. The Balaban J connectivity index is 1.65. The molecule has 0 aromatic heterocycles. The van der Waals surface area contributed by atoms with Crippen LogP contribution in [0.15, 0.2) is 0 Å². The first-order valence-corrected chi connectivity index (χ1v) is 6.07. The van der Waals surface area contributed by atoms with E-state index in [-0.39, 0.29) is 5.91 Å². The summed E-state index contributed by atoms with van der Waals surface area (Å²) in [6.45, 7) is 4.65. The van der Waals surface area contributed by atoms with Crippen LogP contribution in [-0.4, -0.2) is 49.6 Å². The topological polar surface area (TPSA) is 44.4 Å². The van der Waals surface area contributed by atoms with Crippen LogP contribution in [0, 0.1) is 0 Å². The smallest absolute Gasteiger partial charge is 0.234 e. The van der Waals surface area contributed by atoms with E-state index in [2.05, 4.69) is 15.5 Å². The van der Waals surface area contributed by atoms with Gasteiger partial charge in [-0.25, -0.2) is 0 Å². The van der Waals surface area contributed by atoms with Crippen LogP contribution in [0.1, 0.15) is 25.7 Å². The third-order valence-electron chi connectivity index (χ3n) is 3.32. The normalized spacial score (nSPS) is 28.8. The lowest BCUT2D eigenvalue weighted by molar-refractivity contribution is -0.124. The number of amides is 1. The lowest BCUT2D eigenvalue weighted by atomic mass is 10.0. The summed E-state index contributed by atoms with van der Waals surface area (Å²) in [6, 6.07) is 0.684. The number of nitrogens with one attached hydrogen (secondary N) is 2. The van der Waals surface area contributed by atoms with Gasteiger partial charge in [-0.05, 0) is 25.8 Å². The van der Waals surface area contributed by atoms with E-state index < -0.39 is 0 Å². The van der Waals surface area contributed by atoms with Gasteiger partial charge in [0.2, 0.25) is 5.91 Å². The van der Waals surface area contributed by atoms with Gasteiger partial charge in [0.05, 0.1) is 6.54 Å². The molecule has 2 heterocycles. The second-order valence-electron chi connectivity index (χ2n) is 4.56. The number of nitrogens with zero attached hydrogens (tertiary/aromatic N) is 1. The molecule has 2 aliphatic rings. The highest BCUT2D eigenvalue weighted by molar-refractivity contribution is 5.78. The van der Waals surface area contributed by atoms with Crippen molar-refractivity contribution >= 4 is 5.91 Å². The molecule has 0 aromatic carbocycles. The molecule has 0 unspecified atom stereocenters. The van der Waals surface area contributed by atoms with E-state index >= 15 is 0 Å². The van der Waals surface area contributed by atoms with Gasteiger partial charge in [-0.3, -0.25) is 9.69 Å². The summed E-state index contributed by atoms with van der Waals surface area (Å²) < 4.78 is 0. The van der Waals surface area contributed by atoms with Crippen molar-refractivity contribution in [3.8, 4) is 0 Å². The lowest BCUT2D eigenvalue weighted by Crippen LogP contribution is -2.49. The fourth-order valence-electron chi connectivity index (χ4n) is 2.39. The van der Waals surface area contributed by atoms with Gasteiger partial charge in [0, 0.05) is 25.7 Å². The minimum Gasteiger partial charge on any atom is -0.354 e. The zero-order valence-electron chi connectivity index (χ0n) is 9.30. The molecule has 0 aliphatic carbocycles. The standard InChI is InChI=1S/C11H21N3O/c15-11-9-14(8-6-13-11)7-4-10-3-1-2-5-12-10/h10,12H,1-9H2,(H,13,15)/t10-/m0/s1. The molecule has 0 spiro atoms. The minimum absolute atomic E-state index is 0.179. The molecular formula is C11H21N3O. The minimum atomic E-state index is 0.179. The Morgan fingerprint density at radius 2 is 2.27 bits per heavy atom. The van der Waals surface area contributed by atoms with E-state index in [1.165, 1.54) is 32.2 Å². The number of carbonyl (C=O) groups excluding carboxylic acids is 1. The Labute approximate surface area is 91.4 Å². The predicted octanol–water partition coefficient (Wildman–Crippen LogP) is -0.0496. The Kier molecular flexibility index (Phi) is 3.97. The van der Waals surface area contributed by atoms with Crippen molar-refractivity contribution in [1.82, 2.24) is 15.5 Å². The summed E-state index contributed by atoms with van der Waals surface area (Å²) in [5.74, 6) is 0.179. The Hall–Kier alpha value is -0.610. The van der Waals surface area contributed by atoms with Crippen molar-refractivity contribution in [3.05, 3.63) is 0 Å².